The van der Waals surface area contributed by atoms with Gasteiger partial charge >= 0.3 is 0 Å². The van der Waals surface area contributed by atoms with E-state index in [1.165, 1.54) is 36.4 Å². The molecule has 1 N–H and O–H groups in total. The van der Waals surface area contributed by atoms with Crippen LogP contribution in [0.3, 0.4) is 0 Å². The van der Waals surface area contributed by atoms with Crippen LogP contribution in [-0.4, -0.2) is 43.1 Å². The normalized spacial score (nSPS) is 16.3. The topological polar surface area (TPSA) is 117 Å². The summed E-state index contributed by atoms with van der Waals surface area (Å²) in [5.74, 6) is -0.936. The summed E-state index contributed by atoms with van der Waals surface area (Å²) < 4.78 is 60.3. The fourth-order valence-corrected chi connectivity index (χ4v) is 5.49. The Bertz CT molecular complexity index is 1730. The fourth-order valence-electron chi connectivity index (χ4n) is 4.51. The highest BCUT2D eigenvalue weighted by molar-refractivity contribution is 7.90. The highest BCUT2D eigenvalue weighted by Crippen LogP contribution is 2.33. The molecule has 0 bridgehead atoms. The summed E-state index contributed by atoms with van der Waals surface area (Å²) in [6.07, 6.45) is 0.742. The first-order valence-corrected chi connectivity index (χ1v) is 15.8. The van der Waals surface area contributed by atoms with E-state index in [-0.39, 0.29) is 34.6 Å². The summed E-state index contributed by atoms with van der Waals surface area (Å²) in [4.78, 5) is 21.9. The minimum Gasteiger partial charge on any atom is -0.493 e. The number of hydrogen-bond donors (Lipinski definition) is 1. The lowest BCUT2D eigenvalue weighted by Gasteiger charge is -2.35. The summed E-state index contributed by atoms with van der Waals surface area (Å²) >= 11 is 0. The van der Waals surface area contributed by atoms with Crippen LogP contribution in [0.1, 0.15) is 48.3 Å². The van der Waals surface area contributed by atoms with E-state index in [9.17, 15) is 17.6 Å². The number of benzene rings is 2. The van der Waals surface area contributed by atoms with E-state index in [1.54, 1.807) is 19.1 Å². The lowest BCUT2D eigenvalue weighted by atomic mass is 9.92. The zero-order valence-corrected chi connectivity index (χ0v) is 25.5. The van der Waals surface area contributed by atoms with Crippen LogP contribution in [-0.2, 0) is 21.4 Å². The van der Waals surface area contributed by atoms with Gasteiger partial charge in [-0.25, -0.2) is 19.1 Å². The molecule has 230 valence electrons. The number of halogens is 1. The Morgan fingerprint density at radius 3 is 2.48 bits per heavy atom. The first kappa shape index (κ1) is 31.1. The molecule has 2 aromatic heterocycles. The Balaban J connectivity index is 1.38. The van der Waals surface area contributed by atoms with Crippen LogP contribution in [0.25, 0.3) is 11.3 Å². The highest BCUT2D eigenvalue weighted by atomic mass is 32.2. The molecule has 0 atom stereocenters. The van der Waals surface area contributed by atoms with Gasteiger partial charge in [0, 0.05) is 30.2 Å². The van der Waals surface area contributed by atoms with Crippen molar-refractivity contribution in [2.45, 2.75) is 57.5 Å². The number of hydrogen-bond acceptors (Lipinski definition) is 8. The molecule has 1 amide bonds. The summed E-state index contributed by atoms with van der Waals surface area (Å²) in [5, 5.41) is -0.288. The third-order valence-corrected chi connectivity index (χ3v) is 8.11. The van der Waals surface area contributed by atoms with Gasteiger partial charge in [-0.1, -0.05) is 50.2 Å². The van der Waals surface area contributed by atoms with Crippen molar-refractivity contribution < 1.29 is 31.8 Å². The summed E-state index contributed by atoms with van der Waals surface area (Å²) in [6.45, 7) is 6.50. The van der Waals surface area contributed by atoms with Gasteiger partial charge in [0.1, 0.15) is 23.2 Å². The molecular formula is C33H34FN3O6S. The molecule has 0 spiro atoms. The number of sulfonamides is 1. The molecule has 5 rings (SSSR count). The molecule has 44 heavy (non-hydrogen) atoms. The maximum Gasteiger partial charge on any atom is 0.281 e. The van der Waals surface area contributed by atoms with Gasteiger partial charge in [-0.15, -0.1) is 0 Å². The molecule has 1 aliphatic carbocycles. The number of amides is 1. The van der Waals surface area contributed by atoms with E-state index in [2.05, 4.69) is 14.7 Å². The fraction of sp³-hybridized carbons (Fsp3) is 0.303. The van der Waals surface area contributed by atoms with Crippen LogP contribution >= 0.6 is 0 Å². The van der Waals surface area contributed by atoms with Crippen molar-refractivity contribution in [3.63, 3.8) is 0 Å². The van der Waals surface area contributed by atoms with Crippen LogP contribution in [0.15, 0.2) is 83.9 Å². The van der Waals surface area contributed by atoms with E-state index in [1.807, 2.05) is 44.2 Å². The number of aryl methyl sites for hydroxylation is 1. The molecule has 1 fully saturated rings. The van der Waals surface area contributed by atoms with Crippen LogP contribution in [0.2, 0.25) is 0 Å². The SMILES string of the molecule is Cc1cccc(S(=O)(=O)NC(=O)c2ccc(-c3cc(F)cc(OCC(C)C)c3)nc2OC2CC(OCc3ccccc3)C2)n1. The maximum atomic E-state index is 14.5. The first-order valence-electron chi connectivity index (χ1n) is 14.3. The summed E-state index contributed by atoms with van der Waals surface area (Å²) in [7, 11) is -4.28. The number of ether oxygens (including phenoxy) is 3. The summed E-state index contributed by atoms with van der Waals surface area (Å²) in [5.41, 5.74) is 2.18. The van der Waals surface area contributed by atoms with E-state index in [4.69, 9.17) is 14.2 Å². The van der Waals surface area contributed by atoms with Crippen molar-refractivity contribution in [3.05, 3.63) is 102 Å². The smallest absolute Gasteiger partial charge is 0.281 e. The Hall–Kier alpha value is -4.35. The standard InChI is InChI=1S/C33H34FN3O6S/c1-21(2)19-41-26-15-24(14-25(34)16-26)30-13-12-29(32(38)37-44(39,40)31-11-7-8-22(3)35-31)33(36-30)43-28-17-27(18-28)42-20-23-9-5-4-6-10-23/h4-16,21,27-28H,17-20H2,1-3H3,(H,37,38). The Kier molecular flexibility index (Phi) is 9.55. The average Bonchev–Trinajstić information content (AvgIpc) is 2.97. The minimum absolute atomic E-state index is 0.0441. The molecule has 0 aliphatic heterocycles. The van der Waals surface area contributed by atoms with Gasteiger partial charge < -0.3 is 14.2 Å². The van der Waals surface area contributed by atoms with Gasteiger partial charge in [-0.05, 0) is 54.8 Å². The predicted molar refractivity (Wildman–Crippen MR) is 162 cm³/mol. The highest BCUT2D eigenvalue weighted by Gasteiger charge is 2.34. The van der Waals surface area contributed by atoms with E-state index in [0.29, 0.717) is 48.8 Å². The number of carbonyl (C=O) groups is 1. The zero-order chi connectivity index (χ0) is 31.3. The molecule has 4 aromatic rings. The second-order valence-electron chi connectivity index (χ2n) is 11.1. The van der Waals surface area contributed by atoms with E-state index < -0.39 is 21.7 Å². The number of rotatable bonds is 12. The molecule has 1 saturated carbocycles. The second-order valence-corrected chi connectivity index (χ2v) is 12.7. The molecule has 0 radical (unpaired) electrons. The van der Waals surface area contributed by atoms with Gasteiger partial charge in [0.05, 0.1) is 25.0 Å². The van der Waals surface area contributed by atoms with E-state index in [0.717, 1.165) is 5.56 Å². The van der Waals surface area contributed by atoms with Gasteiger partial charge in [-0.3, -0.25) is 4.79 Å². The number of nitrogens with zero attached hydrogens (tertiary/aromatic N) is 2. The van der Waals surface area contributed by atoms with Gasteiger partial charge in [-0.2, -0.15) is 8.42 Å². The van der Waals surface area contributed by atoms with Gasteiger partial charge in [0.2, 0.25) is 5.88 Å². The van der Waals surface area contributed by atoms with Crippen molar-refractivity contribution in [3.8, 4) is 22.9 Å². The lowest BCUT2D eigenvalue weighted by molar-refractivity contribution is -0.0695. The molecule has 11 heteroatoms. The van der Waals surface area contributed by atoms with Crippen LogP contribution in [0.5, 0.6) is 11.6 Å². The van der Waals surface area contributed by atoms with Gasteiger partial charge in [0.25, 0.3) is 15.9 Å². The largest absolute Gasteiger partial charge is 0.493 e. The number of nitrogens with one attached hydrogen (secondary N) is 1. The van der Waals surface area contributed by atoms with Crippen molar-refractivity contribution in [1.29, 1.82) is 0 Å². The summed E-state index contributed by atoms with van der Waals surface area (Å²) in [6, 6.07) is 21.5. The number of pyridine rings is 2. The van der Waals surface area contributed by atoms with Crippen molar-refractivity contribution >= 4 is 15.9 Å². The van der Waals surface area contributed by atoms with E-state index >= 15 is 0 Å². The third-order valence-electron chi connectivity index (χ3n) is 6.88. The number of aromatic nitrogens is 2. The van der Waals surface area contributed by atoms with Crippen molar-refractivity contribution in [1.82, 2.24) is 14.7 Å². The Morgan fingerprint density at radius 2 is 1.75 bits per heavy atom. The van der Waals surface area contributed by atoms with Crippen molar-refractivity contribution in [2.24, 2.45) is 5.92 Å². The number of carbonyl (C=O) groups excluding carboxylic acids is 1. The maximum absolute atomic E-state index is 14.5. The van der Waals surface area contributed by atoms with Crippen LogP contribution in [0, 0.1) is 18.7 Å². The quantitative estimate of drug-likeness (QED) is 0.209. The third kappa shape index (κ3) is 7.97. The molecule has 0 unspecified atom stereocenters. The van der Waals surface area contributed by atoms with Crippen molar-refractivity contribution in [2.75, 3.05) is 6.61 Å². The van der Waals surface area contributed by atoms with Gasteiger partial charge in [0.15, 0.2) is 5.03 Å². The second kappa shape index (κ2) is 13.5. The Labute approximate surface area is 256 Å². The molecule has 2 aromatic carbocycles. The minimum atomic E-state index is -4.28. The molecule has 2 heterocycles. The molecular weight excluding hydrogens is 585 g/mol. The molecule has 9 nitrogen and oxygen atoms in total. The van der Waals surface area contributed by atoms with Crippen LogP contribution in [0.4, 0.5) is 4.39 Å². The monoisotopic (exact) mass is 619 g/mol. The zero-order valence-electron chi connectivity index (χ0n) is 24.7. The Morgan fingerprint density at radius 1 is 0.977 bits per heavy atom. The molecule has 1 aliphatic rings. The lowest BCUT2D eigenvalue weighted by Crippen LogP contribution is -2.40. The predicted octanol–water partition coefficient (Wildman–Crippen LogP) is 5.87. The van der Waals surface area contributed by atoms with Crippen LogP contribution < -0.4 is 14.2 Å². The first-order chi connectivity index (χ1) is 21.1. The molecule has 0 saturated heterocycles. The average molecular weight is 620 g/mol.